The molecule has 1 atom stereocenters. The first-order valence-electron chi connectivity index (χ1n) is 5.81. The molecule has 94 valence electrons. The molecule has 0 fully saturated rings. The van der Waals surface area contributed by atoms with E-state index in [0.717, 1.165) is 17.6 Å². The van der Waals surface area contributed by atoms with Gasteiger partial charge >= 0.3 is 0 Å². The van der Waals surface area contributed by atoms with Crippen molar-refractivity contribution in [2.24, 2.45) is 0 Å². The van der Waals surface area contributed by atoms with Crippen LogP contribution in [0.5, 0.6) is 5.75 Å². The molecule has 17 heavy (non-hydrogen) atoms. The van der Waals surface area contributed by atoms with Gasteiger partial charge in [-0.3, -0.25) is 0 Å². The molecule has 0 aliphatic rings. The molecule has 0 bridgehead atoms. The van der Waals surface area contributed by atoms with E-state index in [1.165, 1.54) is 0 Å². The number of benzene rings is 1. The maximum atomic E-state index is 10.8. The summed E-state index contributed by atoms with van der Waals surface area (Å²) >= 11 is 0. The van der Waals surface area contributed by atoms with Crippen LogP contribution in [0, 0.1) is 0 Å². The second-order valence-electron chi connectivity index (χ2n) is 4.70. The monoisotopic (exact) mass is 235 g/mol. The van der Waals surface area contributed by atoms with Crippen LogP contribution >= 0.6 is 0 Å². The maximum absolute atomic E-state index is 10.8. The molecule has 1 aromatic rings. The molecule has 0 saturated heterocycles. The highest BCUT2D eigenvalue weighted by molar-refractivity contribution is 5.52. The fourth-order valence-corrected chi connectivity index (χ4v) is 1.95. The van der Waals surface area contributed by atoms with Crippen LogP contribution in [-0.4, -0.2) is 26.0 Å². The van der Waals surface area contributed by atoms with Gasteiger partial charge < -0.3 is 14.8 Å². The Kier molecular flexibility index (Phi) is 4.70. The highest BCUT2D eigenvalue weighted by Crippen LogP contribution is 2.31. The zero-order chi connectivity index (χ0) is 12.9. The van der Waals surface area contributed by atoms with Crippen molar-refractivity contribution in [2.45, 2.75) is 31.7 Å². The standard InChI is InChI=1S/C14H21NO2/c1-14(2,15-3)13(9-10-16)11-5-7-12(17-4)8-6-11/h5-8,10,13,15H,9H2,1-4H3. The Morgan fingerprint density at radius 1 is 1.35 bits per heavy atom. The predicted molar refractivity (Wildman–Crippen MR) is 69.6 cm³/mol. The van der Waals surface area contributed by atoms with Gasteiger partial charge in [-0.15, -0.1) is 0 Å². The molecule has 1 rings (SSSR count). The van der Waals surface area contributed by atoms with Crippen LogP contribution in [-0.2, 0) is 4.79 Å². The average molecular weight is 235 g/mol. The Morgan fingerprint density at radius 2 is 1.94 bits per heavy atom. The summed E-state index contributed by atoms with van der Waals surface area (Å²) in [6.07, 6.45) is 1.49. The molecule has 1 unspecified atom stereocenters. The van der Waals surface area contributed by atoms with E-state index in [-0.39, 0.29) is 11.5 Å². The number of methoxy groups -OCH3 is 1. The molecule has 0 amide bonds. The van der Waals surface area contributed by atoms with E-state index < -0.39 is 0 Å². The van der Waals surface area contributed by atoms with Gasteiger partial charge in [-0.25, -0.2) is 0 Å². The summed E-state index contributed by atoms with van der Waals surface area (Å²) in [5.41, 5.74) is 1.03. The van der Waals surface area contributed by atoms with E-state index in [2.05, 4.69) is 19.2 Å². The molecule has 0 saturated carbocycles. The number of hydrogen-bond acceptors (Lipinski definition) is 3. The highest BCUT2D eigenvalue weighted by Gasteiger charge is 2.28. The highest BCUT2D eigenvalue weighted by atomic mass is 16.5. The SMILES string of the molecule is CNC(C)(C)C(CC=O)c1ccc(OC)cc1. The third kappa shape index (κ3) is 3.30. The van der Waals surface area contributed by atoms with Crippen LogP contribution in [0.1, 0.15) is 31.7 Å². The number of likely N-dealkylation sites (N-methyl/N-ethyl adjacent to an activating group) is 1. The largest absolute Gasteiger partial charge is 0.497 e. The first-order valence-corrected chi connectivity index (χ1v) is 5.81. The van der Waals surface area contributed by atoms with Gasteiger partial charge in [-0.2, -0.15) is 0 Å². The minimum Gasteiger partial charge on any atom is -0.497 e. The molecule has 0 aliphatic heterocycles. The Labute approximate surface area is 103 Å². The topological polar surface area (TPSA) is 38.3 Å². The summed E-state index contributed by atoms with van der Waals surface area (Å²) in [4.78, 5) is 10.8. The van der Waals surface area contributed by atoms with E-state index in [9.17, 15) is 4.79 Å². The molecule has 0 aromatic heterocycles. The van der Waals surface area contributed by atoms with Gasteiger partial charge in [-0.05, 0) is 38.6 Å². The molecule has 3 heteroatoms. The van der Waals surface area contributed by atoms with Crippen LogP contribution in [0.2, 0.25) is 0 Å². The summed E-state index contributed by atoms with van der Waals surface area (Å²) in [5.74, 6) is 0.997. The van der Waals surface area contributed by atoms with Crippen LogP contribution in [0.3, 0.4) is 0 Å². The molecule has 0 radical (unpaired) electrons. The molecule has 1 aromatic carbocycles. The predicted octanol–water partition coefficient (Wildman–Crippen LogP) is 2.37. The zero-order valence-corrected chi connectivity index (χ0v) is 11.0. The number of nitrogens with one attached hydrogen (secondary N) is 1. The molecular formula is C14H21NO2. The number of carbonyl (C=O) groups excluding carboxylic acids is 1. The van der Waals surface area contributed by atoms with Gasteiger partial charge in [0.2, 0.25) is 0 Å². The number of ether oxygens (including phenoxy) is 1. The Balaban J connectivity index is 3.00. The molecule has 1 N–H and O–H groups in total. The van der Waals surface area contributed by atoms with E-state index >= 15 is 0 Å². The summed E-state index contributed by atoms with van der Waals surface area (Å²) in [5, 5.41) is 3.26. The van der Waals surface area contributed by atoms with Gasteiger partial charge in [0.25, 0.3) is 0 Å². The minimum absolute atomic E-state index is 0.116. The van der Waals surface area contributed by atoms with E-state index in [1.54, 1.807) is 7.11 Å². The minimum atomic E-state index is -0.116. The summed E-state index contributed by atoms with van der Waals surface area (Å²) in [6, 6.07) is 7.90. The molecular weight excluding hydrogens is 214 g/mol. The third-order valence-corrected chi connectivity index (χ3v) is 3.37. The first kappa shape index (κ1) is 13.7. The average Bonchev–Trinajstić information content (AvgIpc) is 2.36. The van der Waals surface area contributed by atoms with E-state index in [4.69, 9.17) is 4.74 Å². The second kappa shape index (κ2) is 5.82. The van der Waals surface area contributed by atoms with Crippen molar-refractivity contribution in [3.63, 3.8) is 0 Å². The van der Waals surface area contributed by atoms with Crippen molar-refractivity contribution >= 4 is 6.29 Å². The molecule has 0 aliphatic carbocycles. The molecule has 3 nitrogen and oxygen atoms in total. The summed E-state index contributed by atoms with van der Waals surface area (Å²) < 4.78 is 5.14. The molecule has 0 spiro atoms. The smallest absolute Gasteiger partial charge is 0.120 e. The lowest BCUT2D eigenvalue weighted by molar-refractivity contribution is -0.108. The molecule has 0 heterocycles. The van der Waals surface area contributed by atoms with Crippen molar-refractivity contribution < 1.29 is 9.53 Å². The fourth-order valence-electron chi connectivity index (χ4n) is 1.95. The first-order chi connectivity index (χ1) is 8.05. The maximum Gasteiger partial charge on any atom is 0.120 e. The van der Waals surface area contributed by atoms with Crippen LogP contribution in [0.15, 0.2) is 24.3 Å². The Hall–Kier alpha value is -1.35. The van der Waals surface area contributed by atoms with Gasteiger partial charge in [-0.1, -0.05) is 12.1 Å². The lowest BCUT2D eigenvalue weighted by Crippen LogP contribution is -2.42. The fraction of sp³-hybridized carbons (Fsp3) is 0.500. The second-order valence-corrected chi connectivity index (χ2v) is 4.70. The van der Waals surface area contributed by atoms with Crippen molar-refractivity contribution in [3.05, 3.63) is 29.8 Å². The van der Waals surface area contributed by atoms with Gasteiger partial charge in [0, 0.05) is 17.9 Å². The Bertz CT molecular complexity index is 357. The van der Waals surface area contributed by atoms with Gasteiger partial charge in [0.05, 0.1) is 7.11 Å². The quantitative estimate of drug-likeness (QED) is 0.769. The Morgan fingerprint density at radius 3 is 2.35 bits per heavy atom. The third-order valence-electron chi connectivity index (χ3n) is 3.37. The number of rotatable bonds is 6. The van der Waals surface area contributed by atoms with Crippen LogP contribution < -0.4 is 10.1 Å². The van der Waals surface area contributed by atoms with E-state index in [1.807, 2.05) is 31.3 Å². The zero-order valence-electron chi connectivity index (χ0n) is 11.0. The van der Waals surface area contributed by atoms with Crippen molar-refractivity contribution in [1.82, 2.24) is 5.32 Å². The lowest BCUT2D eigenvalue weighted by Gasteiger charge is -2.33. The number of aldehydes is 1. The number of carbonyl (C=O) groups is 1. The van der Waals surface area contributed by atoms with Crippen LogP contribution in [0.25, 0.3) is 0 Å². The van der Waals surface area contributed by atoms with Crippen LogP contribution in [0.4, 0.5) is 0 Å². The van der Waals surface area contributed by atoms with Crippen molar-refractivity contribution in [1.29, 1.82) is 0 Å². The summed E-state index contributed by atoms with van der Waals surface area (Å²) in [7, 11) is 3.57. The normalized spacial score (nSPS) is 13.2. The van der Waals surface area contributed by atoms with Gasteiger partial charge in [0.15, 0.2) is 0 Å². The summed E-state index contributed by atoms with van der Waals surface area (Å²) in [6.45, 7) is 4.21. The van der Waals surface area contributed by atoms with Crippen molar-refractivity contribution in [2.75, 3.05) is 14.2 Å². The van der Waals surface area contributed by atoms with Crippen molar-refractivity contribution in [3.8, 4) is 5.75 Å². The number of hydrogen-bond donors (Lipinski definition) is 1. The lowest BCUT2D eigenvalue weighted by atomic mass is 9.80. The van der Waals surface area contributed by atoms with Gasteiger partial charge in [0.1, 0.15) is 12.0 Å². The van der Waals surface area contributed by atoms with E-state index in [0.29, 0.717) is 6.42 Å².